The van der Waals surface area contributed by atoms with Gasteiger partial charge in [0.15, 0.2) is 5.11 Å². The third-order valence-electron chi connectivity index (χ3n) is 5.07. The molecule has 3 aromatic carbocycles. The molecule has 1 heterocycles. The summed E-state index contributed by atoms with van der Waals surface area (Å²) in [5.74, 6) is -1.02. The van der Waals surface area contributed by atoms with Crippen molar-refractivity contribution in [3.8, 4) is 5.75 Å². The molecular formula is C24H18ClN3O4S. The van der Waals surface area contributed by atoms with Crippen LogP contribution in [0.15, 0.2) is 60.7 Å². The molecule has 9 heteroatoms. The van der Waals surface area contributed by atoms with E-state index in [4.69, 9.17) is 28.6 Å². The second kappa shape index (κ2) is 9.01. The molecule has 1 aliphatic rings. The maximum Gasteiger partial charge on any atom is 0.266 e. The summed E-state index contributed by atoms with van der Waals surface area (Å²) in [4.78, 5) is 39.2. The number of amides is 3. The number of hydrogen-bond donors (Lipinski definition) is 2. The molecule has 0 spiro atoms. The summed E-state index contributed by atoms with van der Waals surface area (Å²) in [6.45, 7) is 1.87. The van der Waals surface area contributed by atoms with E-state index in [2.05, 4.69) is 10.6 Å². The van der Waals surface area contributed by atoms with Crippen LogP contribution in [0.5, 0.6) is 5.75 Å². The number of carbonyl (C=O) groups excluding carboxylic acids is 3. The average Bonchev–Trinajstić information content (AvgIpc) is 3.04. The van der Waals surface area contributed by atoms with Crippen LogP contribution in [0.2, 0.25) is 5.02 Å². The summed E-state index contributed by atoms with van der Waals surface area (Å²) in [6.07, 6.45) is 0. The zero-order valence-corrected chi connectivity index (χ0v) is 19.2. The quantitative estimate of drug-likeness (QED) is 0.420. The Bertz CT molecular complexity index is 1290. The number of benzene rings is 3. The largest absolute Gasteiger partial charge is 0.494 e. The molecule has 33 heavy (non-hydrogen) atoms. The lowest BCUT2D eigenvalue weighted by molar-refractivity contribution is 0.0922. The minimum absolute atomic E-state index is 0.0483. The van der Waals surface area contributed by atoms with Gasteiger partial charge in [0.25, 0.3) is 17.7 Å². The molecule has 0 saturated heterocycles. The Kier molecular flexibility index (Phi) is 6.13. The van der Waals surface area contributed by atoms with Crippen molar-refractivity contribution in [1.82, 2.24) is 5.32 Å². The van der Waals surface area contributed by atoms with E-state index in [-0.39, 0.29) is 10.9 Å². The number of methoxy groups -OCH3 is 1. The van der Waals surface area contributed by atoms with E-state index in [0.29, 0.717) is 33.1 Å². The molecule has 166 valence electrons. The van der Waals surface area contributed by atoms with E-state index < -0.39 is 17.7 Å². The van der Waals surface area contributed by atoms with Crippen LogP contribution in [0.4, 0.5) is 11.4 Å². The van der Waals surface area contributed by atoms with Crippen molar-refractivity contribution in [2.45, 2.75) is 6.92 Å². The summed E-state index contributed by atoms with van der Waals surface area (Å²) in [5, 5.41) is 5.84. The van der Waals surface area contributed by atoms with Crippen molar-refractivity contribution in [2.75, 3.05) is 17.3 Å². The summed E-state index contributed by atoms with van der Waals surface area (Å²) in [5.41, 5.74) is 2.70. The van der Waals surface area contributed by atoms with Gasteiger partial charge in [-0.1, -0.05) is 29.8 Å². The zero-order chi connectivity index (χ0) is 23.7. The van der Waals surface area contributed by atoms with Crippen LogP contribution in [0.25, 0.3) is 0 Å². The van der Waals surface area contributed by atoms with Gasteiger partial charge in [-0.15, -0.1) is 0 Å². The maximum atomic E-state index is 12.8. The van der Waals surface area contributed by atoms with Crippen LogP contribution in [-0.2, 0) is 0 Å². The fraction of sp³-hybridized carbons (Fsp3) is 0.0833. The fourth-order valence-corrected chi connectivity index (χ4v) is 4.02. The molecule has 0 atom stereocenters. The third kappa shape index (κ3) is 4.30. The molecule has 1 aliphatic heterocycles. The molecule has 0 unspecified atom stereocenters. The van der Waals surface area contributed by atoms with Crippen LogP contribution in [0.3, 0.4) is 0 Å². The first kappa shape index (κ1) is 22.4. The van der Waals surface area contributed by atoms with Gasteiger partial charge in [0.1, 0.15) is 5.75 Å². The second-order valence-corrected chi connectivity index (χ2v) is 8.08. The maximum absolute atomic E-state index is 12.8. The monoisotopic (exact) mass is 479 g/mol. The number of fused-ring (bicyclic) bond motifs is 1. The molecule has 0 aromatic heterocycles. The SMILES string of the molecule is COc1cc(NC(=S)NC(=O)c2ccc(C)cc2Cl)ccc1N1C(=O)c2ccccc2C1=O. The highest BCUT2D eigenvalue weighted by Gasteiger charge is 2.37. The first-order valence-electron chi connectivity index (χ1n) is 9.84. The first-order chi connectivity index (χ1) is 15.8. The number of halogens is 1. The van der Waals surface area contributed by atoms with Crippen LogP contribution in [0, 0.1) is 6.92 Å². The van der Waals surface area contributed by atoms with E-state index in [9.17, 15) is 14.4 Å². The minimum atomic E-state index is -0.452. The molecule has 2 N–H and O–H groups in total. The van der Waals surface area contributed by atoms with Gasteiger partial charge in [0, 0.05) is 11.8 Å². The summed E-state index contributed by atoms with van der Waals surface area (Å²) in [7, 11) is 1.43. The predicted molar refractivity (Wildman–Crippen MR) is 130 cm³/mol. The number of hydrogen-bond acceptors (Lipinski definition) is 5. The summed E-state index contributed by atoms with van der Waals surface area (Å²) < 4.78 is 5.42. The van der Waals surface area contributed by atoms with Crippen molar-refractivity contribution in [3.05, 3.63) is 87.9 Å². The number of thiocarbonyl (C=S) groups is 1. The molecule has 7 nitrogen and oxygen atoms in total. The molecule has 0 saturated carbocycles. The molecule has 0 radical (unpaired) electrons. The van der Waals surface area contributed by atoms with Crippen molar-refractivity contribution in [2.24, 2.45) is 0 Å². The fourth-order valence-electron chi connectivity index (χ4n) is 3.49. The topological polar surface area (TPSA) is 87.7 Å². The van der Waals surface area contributed by atoms with E-state index >= 15 is 0 Å². The Balaban J connectivity index is 1.52. The first-order valence-corrected chi connectivity index (χ1v) is 10.6. The molecular weight excluding hydrogens is 462 g/mol. The van der Waals surface area contributed by atoms with E-state index in [1.807, 2.05) is 6.92 Å². The number of imide groups is 1. The smallest absolute Gasteiger partial charge is 0.266 e. The average molecular weight is 480 g/mol. The highest BCUT2D eigenvalue weighted by molar-refractivity contribution is 7.80. The van der Waals surface area contributed by atoms with Crippen molar-refractivity contribution < 1.29 is 19.1 Å². The van der Waals surface area contributed by atoms with Crippen LogP contribution >= 0.6 is 23.8 Å². The standard InChI is InChI=1S/C24H18ClN3O4S/c1-13-7-9-17(18(25)11-13)21(29)27-24(33)26-14-8-10-19(20(12-14)32-2)28-22(30)15-5-3-4-6-16(15)23(28)31/h3-12H,1-2H3,(H2,26,27,29,33). The van der Waals surface area contributed by atoms with Gasteiger partial charge in [-0.25, -0.2) is 4.90 Å². The number of aryl methyl sites for hydroxylation is 1. The molecule has 4 rings (SSSR count). The van der Waals surface area contributed by atoms with E-state index in [1.165, 1.54) is 7.11 Å². The van der Waals surface area contributed by atoms with E-state index in [0.717, 1.165) is 10.5 Å². The number of ether oxygens (including phenoxy) is 1. The van der Waals surface area contributed by atoms with Gasteiger partial charge in [0.2, 0.25) is 0 Å². The Hall–Kier alpha value is -3.75. The molecule has 3 aromatic rings. The van der Waals surface area contributed by atoms with Gasteiger partial charge in [-0.3, -0.25) is 19.7 Å². The van der Waals surface area contributed by atoms with Crippen LogP contribution in [-0.4, -0.2) is 29.9 Å². The third-order valence-corrected chi connectivity index (χ3v) is 5.59. The second-order valence-electron chi connectivity index (χ2n) is 7.27. The lowest BCUT2D eigenvalue weighted by atomic mass is 10.1. The van der Waals surface area contributed by atoms with Crippen molar-refractivity contribution >= 4 is 58.0 Å². The Labute approximate surface area is 200 Å². The molecule has 0 fully saturated rings. The van der Waals surface area contributed by atoms with Crippen LogP contribution < -0.4 is 20.3 Å². The summed E-state index contributed by atoms with van der Waals surface area (Å²) in [6, 6.07) is 16.5. The predicted octanol–water partition coefficient (Wildman–Crippen LogP) is 4.58. The molecule has 0 aliphatic carbocycles. The Morgan fingerprint density at radius 3 is 2.27 bits per heavy atom. The van der Waals surface area contributed by atoms with E-state index in [1.54, 1.807) is 60.7 Å². The van der Waals surface area contributed by atoms with Crippen LogP contribution in [0.1, 0.15) is 36.6 Å². The normalized spacial score (nSPS) is 12.4. The molecule has 3 amide bonds. The van der Waals surface area contributed by atoms with Gasteiger partial charge in [0.05, 0.1) is 34.5 Å². The Morgan fingerprint density at radius 2 is 1.67 bits per heavy atom. The summed E-state index contributed by atoms with van der Waals surface area (Å²) >= 11 is 11.4. The molecule has 0 bridgehead atoms. The minimum Gasteiger partial charge on any atom is -0.494 e. The van der Waals surface area contributed by atoms with Gasteiger partial charge in [-0.05, 0) is 61.1 Å². The van der Waals surface area contributed by atoms with Crippen molar-refractivity contribution in [3.63, 3.8) is 0 Å². The number of rotatable bonds is 4. The number of carbonyl (C=O) groups is 3. The Morgan fingerprint density at radius 1 is 1.00 bits per heavy atom. The van der Waals surface area contributed by atoms with Gasteiger partial charge >= 0.3 is 0 Å². The number of anilines is 2. The lowest BCUT2D eigenvalue weighted by Crippen LogP contribution is -2.34. The van der Waals surface area contributed by atoms with Crippen molar-refractivity contribution in [1.29, 1.82) is 0 Å². The highest BCUT2D eigenvalue weighted by Crippen LogP contribution is 2.36. The number of nitrogens with zero attached hydrogens (tertiary/aromatic N) is 1. The zero-order valence-electron chi connectivity index (χ0n) is 17.6. The van der Waals surface area contributed by atoms with Gasteiger partial charge in [-0.2, -0.15) is 0 Å². The highest BCUT2D eigenvalue weighted by atomic mass is 35.5. The number of nitrogens with one attached hydrogen (secondary N) is 2. The lowest BCUT2D eigenvalue weighted by Gasteiger charge is -2.19. The van der Waals surface area contributed by atoms with Gasteiger partial charge < -0.3 is 10.1 Å².